The Bertz CT molecular complexity index is 843. The summed E-state index contributed by atoms with van der Waals surface area (Å²) in [5.74, 6) is 0. The number of nitrogens with zero attached hydrogens (tertiary/aromatic N) is 2. The Morgan fingerprint density at radius 1 is 1.04 bits per heavy atom. The van der Waals surface area contributed by atoms with E-state index >= 15 is 0 Å². The van der Waals surface area contributed by atoms with Gasteiger partial charge in [-0.2, -0.15) is 4.31 Å². The van der Waals surface area contributed by atoms with E-state index in [4.69, 9.17) is 23.2 Å². The molecule has 0 radical (unpaired) electrons. The molecule has 4 nitrogen and oxygen atoms in total. The summed E-state index contributed by atoms with van der Waals surface area (Å²) in [6.45, 7) is 4.48. The van der Waals surface area contributed by atoms with E-state index in [1.54, 1.807) is 0 Å². The summed E-state index contributed by atoms with van der Waals surface area (Å²) < 4.78 is 27.3. The van der Waals surface area contributed by atoms with Crippen molar-refractivity contribution in [2.24, 2.45) is 0 Å². The average Bonchev–Trinajstić information content (AvgIpc) is 2.60. The van der Waals surface area contributed by atoms with Gasteiger partial charge in [-0.15, -0.1) is 0 Å². The van der Waals surface area contributed by atoms with E-state index in [2.05, 4.69) is 24.0 Å². The number of hydrogen-bond donors (Lipinski definition) is 0. The van der Waals surface area contributed by atoms with E-state index in [9.17, 15) is 8.42 Å². The fourth-order valence-corrected chi connectivity index (χ4v) is 4.92. The van der Waals surface area contributed by atoms with Crippen LogP contribution in [0.25, 0.3) is 0 Å². The minimum Gasteiger partial charge on any atom is -0.294 e. The van der Waals surface area contributed by atoms with Crippen LogP contribution in [0.4, 0.5) is 0 Å². The van der Waals surface area contributed by atoms with Crippen molar-refractivity contribution in [3.8, 4) is 0 Å². The molecule has 134 valence electrons. The van der Waals surface area contributed by atoms with Gasteiger partial charge in [0.15, 0.2) is 0 Å². The summed E-state index contributed by atoms with van der Waals surface area (Å²) in [4.78, 5) is 2.49. The van der Waals surface area contributed by atoms with Crippen molar-refractivity contribution in [2.75, 3.05) is 19.6 Å². The maximum Gasteiger partial charge on any atom is 0.243 e. The topological polar surface area (TPSA) is 40.6 Å². The standard InChI is InChI=1S/C18H20Cl2N2O2S/c1-14-12-22(10-9-21(14)13-15-5-3-2-4-6-15)25(23,24)16-7-8-17(19)18(20)11-16/h2-8,11,14H,9-10,12-13H2,1H3. The molecule has 0 N–H and O–H groups in total. The first-order valence-electron chi connectivity index (χ1n) is 8.11. The molecule has 7 heteroatoms. The Hall–Kier alpha value is -1.11. The molecule has 1 aliphatic rings. The van der Waals surface area contributed by atoms with Crippen molar-refractivity contribution in [3.05, 3.63) is 64.1 Å². The summed E-state index contributed by atoms with van der Waals surface area (Å²) in [5.41, 5.74) is 1.23. The lowest BCUT2D eigenvalue weighted by molar-refractivity contribution is 0.122. The van der Waals surface area contributed by atoms with Crippen molar-refractivity contribution in [1.29, 1.82) is 0 Å². The SMILES string of the molecule is CC1CN(S(=O)(=O)c2ccc(Cl)c(Cl)c2)CCN1Cc1ccccc1. The Labute approximate surface area is 159 Å². The van der Waals surface area contributed by atoms with Crippen LogP contribution in [0.2, 0.25) is 10.0 Å². The van der Waals surface area contributed by atoms with Gasteiger partial charge in [-0.05, 0) is 30.7 Å². The molecular formula is C18H20Cl2N2O2S. The lowest BCUT2D eigenvalue weighted by Crippen LogP contribution is -2.53. The van der Waals surface area contributed by atoms with E-state index in [1.807, 2.05) is 18.2 Å². The third-order valence-corrected chi connectivity index (χ3v) is 7.09. The van der Waals surface area contributed by atoms with Gasteiger partial charge >= 0.3 is 0 Å². The monoisotopic (exact) mass is 398 g/mol. The van der Waals surface area contributed by atoms with E-state index in [1.165, 1.54) is 28.1 Å². The first-order valence-corrected chi connectivity index (χ1v) is 10.3. The van der Waals surface area contributed by atoms with Crippen LogP contribution < -0.4 is 0 Å². The first kappa shape index (κ1) is 18.7. The minimum absolute atomic E-state index is 0.131. The van der Waals surface area contributed by atoms with Crippen LogP contribution in [-0.4, -0.2) is 43.3 Å². The molecule has 0 saturated carbocycles. The maximum atomic E-state index is 12.9. The quantitative estimate of drug-likeness (QED) is 0.783. The molecule has 2 aromatic rings. The molecule has 0 aliphatic carbocycles. The zero-order valence-electron chi connectivity index (χ0n) is 13.9. The lowest BCUT2D eigenvalue weighted by atomic mass is 10.1. The molecule has 1 atom stereocenters. The van der Waals surface area contributed by atoms with Crippen LogP contribution in [-0.2, 0) is 16.6 Å². The summed E-state index contributed by atoms with van der Waals surface area (Å²) in [6.07, 6.45) is 0. The second-order valence-corrected chi connectivity index (χ2v) is 9.00. The number of halogens is 2. The second-order valence-electron chi connectivity index (χ2n) is 6.24. The van der Waals surface area contributed by atoms with Crippen molar-refractivity contribution in [1.82, 2.24) is 9.21 Å². The third-order valence-electron chi connectivity index (χ3n) is 4.49. The van der Waals surface area contributed by atoms with Crippen molar-refractivity contribution in [2.45, 2.75) is 24.4 Å². The van der Waals surface area contributed by atoms with Gasteiger partial charge in [-0.1, -0.05) is 53.5 Å². The van der Waals surface area contributed by atoms with Crippen molar-refractivity contribution < 1.29 is 8.42 Å². The highest BCUT2D eigenvalue weighted by molar-refractivity contribution is 7.89. The fraction of sp³-hybridized carbons (Fsp3) is 0.333. The summed E-state index contributed by atoms with van der Waals surface area (Å²) in [7, 11) is -3.57. The van der Waals surface area contributed by atoms with E-state index in [-0.39, 0.29) is 16.0 Å². The number of sulfonamides is 1. The second kappa shape index (κ2) is 7.64. The molecule has 25 heavy (non-hydrogen) atoms. The van der Waals surface area contributed by atoms with Gasteiger partial charge in [0.2, 0.25) is 10.0 Å². The lowest BCUT2D eigenvalue weighted by Gasteiger charge is -2.39. The summed E-state index contributed by atoms with van der Waals surface area (Å²) >= 11 is 11.9. The molecule has 1 aliphatic heterocycles. The predicted octanol–water partition coefficient (Wildman–Crippen LogP) is 3.89. The molecule has 0 amide bonds. The van der Waals surface area contributed by atoms with Crippen molar-refractivity contribution in [3.63, 3.8) is 0 Å². The summed E-state index contributed by atoms with van der Waals surface area (Å²) in [6, 6.07) is 14.8. The number of hydrogen-bond acceptors (Lipinski definition) is 3. The Balaban J connectivity index is 1.72. The Morgan fingerprint density at radius 3 is 2.40 bits per heavy atom. The fourth-order valence-electron chi connectivity index (χ4n) is 3.02. The first-order chi connectivity index (χ1) is 11.9. The minimum atomic E-state index is -3.57. The van der Waals surface area contributed by atoms with Gasteiger partial charge in [0.05, 0.1) is 14.9 Å². The number of piperazine rings is 1. The molecule has 1 unspecified atom stereocenters. The van der Waals surface area contributed by atoms with Gasteiger partial charge in [0.1, 0.15) is 0 Å². The Morgan fingerprint density at radius 2 is 1.76 bits per heavy atom. The zero-order valence-corrected chi connectivity index (χ0v) is 16.2. The van der Waals surface area contributed by atoms with Gasteiger partial charge in [0, 0.05) is 32.2 Å². The highest BCUT2D eigenvalue weighted by Gasteiger charge is 2.32. The number of rotatable bonds is 4. The average molecular weight is 399 g/mol. The molecule has 3 rings (SSSR count). The molecular weight excluding hydrogens is 379 g/mol. The highest BCUT2D eigenvalue weighted by atomic mass is 35.5. The maximum absolute atomic E-state index is 12.9. The molecule has 0 bridgehead atoms. The van der Waals surface area contributed by atoms with Crippen molar-refractivity contribution >= 4 is 33.2 Å². The molecule has 1 heterocycles. The van der Waals surface area contributed by atoms with E-state index < -0.39 is 10.0 Å². The summed E-state index contributed by atoms with van der Waals surface area (Å²) in [5, 5.41) is 0.597. The Kier molecular flexibility index (Phi) is 5.71. The van der Waals surface area contributed by atoms with Gasteiger partial charge < -0.3 is 0 Å². The highest BCUT2D eigenvalue weighted by Crippen LogP contribution is 2.27. The van der Waals surface area contributed by atoms with Gasteiger partial charge in [0.25, 0.3) is 0 Å². The smallest absolute Gasteiger partial charge is 0.243 e. The third kappa shape index (κ3) is 4.18. The zero-order chi connectivity index (χ0) is 18.0. The van der Waals surface area contributed by atoms with Crippen LogP contribution in [0.5, 0.6) is 0 Å². The molecule has 0 spiro atoms. The molecule has 1 fully saturated rings. The van der Waals surface area contributed by atoms with Crippen LogP contribution in [0.3, 0.4) is 0 Å². The van der Waals surface area contributed by atoms with Crippen LogP contribution >= 0.6 is 23.2 Å². The van der Waals surface area contributed by atoms with E-state index in [0.717, 1.165) is 6.54 Å². The van der Waals surface area contributed by atoms with Crippen LogP contribution in [0, 0.1) is 0 Å². The molecule has 0 aromatic heterocycles. The predicted molar refractivity (Wildman–Crippen MR) is 102 cm³/mol. The van der Waals surface area contributed by atoms with Crippen LogP contribution in [0.15, 0.2) is 53.4 Å². The van der Waals surface area contributed by atoms with E-state index in [0.29, 0.717) is 24.7 Å². The normalized spacial score (nSPS) is 19.9. The largest absolute Gasteiger partial charge is 0.294 e. The van der Waals surface area contributed by atoms with Gasteiger partial charge in [-0.3, -0.25) is 4.90 Å². The van der Waals surface area contributed by atoms with Crippen LogP contribution in [0.1, 0.15) is 12.5 Å². The molecule has 2 aromatic carbocycles. The van der Waals surface area contributed by atoms with Gasteiger partial charge in [-0.25, -0.2) is 8.42 Å². The number of benzene rings is 2. The molecule has 1 saturated heterocycles.